The zero-order valence-electron chi connectivity index (χ0n) is 10.4. The molecule has 0 heterocycles. The highest BCUT2D eigenvalue weighted by Crippen LogP contribution is 2.05. The number of ether oxygens (including phenoxy) is 1. The molecule has 18 heavy (non-hydrogen) atoms. The van der Waals surface area contributed by atoms with Gasteiger partial charge in [-0.1, -0.05) is 23.6 Å². The van der Waals surface area contributed by atoms with Gasteiger partial charge in [-0.05, 0) is 31.2 Å². The van der Waals surface area contributed by atoms with Gasteiger partial charge in [0.1, 0.15) is 0 Å². The van der Waals surface area contributed by atoms with E-state index >= 15 is 0 Å². The Morgan fingerprint density at radius 1 is 1.28 bits per heavy atom. The minimum absolute atomic E-state index is 0.0574. The highest BCUT2D eigenvalue weighted by molar-refractivity contribution is 8.13. The second kappa shape index (κ2) is 7.57. The van der Waals surface area contributed by atoms with Gasteiger partial charge >= 0.3 is 5.97 Å². The first-order valence-electron chi connectivity index (χ1n) is 5.53. The lowest BCUT2D eigenvalue weighted by Gasteiger charge is -2.00. The summed E-state index contributed by atoms with van der Waals surface area (Å²) in [4.78, 5) is 22.1. The van der Waals surface area contributed by atoms with Gasteiger partial charge in [-0.3, -0.25) is 4.79 Å². The fourth-order valence-corrected chi connectivity index (χ4v) is 1.53. The molecular weight excluding hydrogens is 248 g/mol. The average Bonchev–Trinajstić information content (AvgIpc) is 2.35. The second-order valence-corrected chi connectivity index (χ2v) is 4.53. The third-order valence-electron chi connectivity index (χ3n) is 1.98. The molecule has 0 aliphatic rings. The van der Waals surface area contributed by atoms with E-state index < -0.39 is 0 Å². The van der Waals surface area contributed by atoms with Gasteiger partial charge < -0.3 is 4.74 Å². The van der Waals surface area contributed by atoms with Crippen molar-refractivity contribution in [2.45, 2.75) is 13.8 Å². The lowest BCUT2D eigenvalue weighted by Crippen LogP contribution is -2.04. The molecule has 1 aromatic rings. The number of rotatable bonds is 3. The Kier molecular flexibility index (Phi) is 6.03. The van der Waals surface area contributed by atoms with Gasteiger partial charge in [-0.25, -0.2) is 4.79 Å². The van der Waals surface area contributed by atoms with Gasteiger partial charge in [0.2, 0.25) is 0 Å². The Labute approximate surface area is 111 Å². The molecule has 0 N–H and O–H groups in total. The number of esters is 1. The van der Waals surface area contributed by atoms with E-state index in [1.165, 1.54) is 18.7 Å². The summed E-state index contributed by atoms with van der Waals surface area (Å²) in [5, 5.41) is 0.0574. The van der Waals surface area contributed by atoms with E-state index in [1.54, 1.807) is 31.2 Å². The lowest BCUT2D eigenvalue weighted by molar-refractivity contribution is -0.109. The molecular formula is C14H14O3S. The highest BCUT2D eigenvalue weighted by atomic mass is 32.2. The number of carbonyl (C=O) groups excluding carboxylic acids is 2. The molecule has 0 amide bonds. The molecule has 1 aromatic carbocycles. The van der Waals surface area contributed by atoms with Crippen LogP contribution in [0.25, 0.3) is 0 Å². The van der Waals surface area contributed by atoms with E-state index in [0.29, 0.717) is 17.9 Å². The largest absolute Gasteiger partial charge is 0.462 e. The standard InChI is InChI=1S/C14H14O3S/c1-3-17-14(16)13-8-6-12(7-9-13)5-4-10-18-11(2)15/h6-9H,3,10H2,1-2H3. The van der Waals surface area contributed by atoms with Crippen molar-refractivity contribution in [2.75, 3.05) is 12.4 Å². The first-order chi connectivity index (χ1) is 8.63. The third-order valence-corrected chi connectivity index (χ3v) is 2.67. The quantitative estimate of drug-likeness (QED) is 0.620. The van der Waals surface area contributed by atoms with Crippen molar-refractivity contribution in [1.82, 2.24) is 0 Å². The molecule has 0 bridgehead atoms. The molecule has 0 aliphatic carbocycles. The molecule has 0 radical (unpaired) electrons. The lowest BCUT2D eigenvalue weighted by atomic mass is 10.1. The zero-order valence-corrected chi connectivity index (χ0v) is 11.2. The van der Waals surface area contributed by atoms with Gasteiger partial charge in [0, 0.05) is 12.5 Å². The Morgan fingerprint density at radius 3 is 2.50 bits per heavy atom. The third kappa shape index (κ3) is 5.07. The first kappa shape index (κ1) is 14.3. The first-order valence-corrected chi connectivity index (χ1v) is 6.51. The predicted molar refractivity (Wildman–Crippen MR) is 72.4 cm³/mol. The van der Waals surface area contributed by atoms with Crippen LogP contribution < -0.4 is 0 Å². The van der Waals surface area contributed by atoms with Crippen LogP contribution in [0.1, 0.15) is 29.8 Å². The Hall–Kier alpha value is -1.73. The molecule has 94 valence electrons. The van der Waals surface area contributed by atoms with Crippen LogP contribution in [0.15, 0.2) is 24.3 Å². The summed E-state index contributed by atoms with van der Waals surface area (Å²) in [7, 11) is 0. The van der Waals surface area contributed by atoms with Crippen LogP contribution in [-0.4, -0.2) is 23.4 Å². The van der Waals surface area contributed by atoms with Crippen LogP contribution >= 0.6 is 11.8 Å². The number of hydrogen-bond acceptors (Lipinski definition) is 4. The Bertz CT molecular complexity index is 480. The number of thioether (sulfide) groups is 1. The number of carbonyl (C=O) groups is 2. The average molecular weight is 262 g/mol. The van der Waals surface area contributed by atoms with Crippen molar-refractivity contribution in [1.29, 1.82) is 0 Å². The van der Waals surface area contributed by atoms with E-state index in [-0.39, 0.29) is 11.1 Å². The number of hydrogen-bond donors (Lipinski definition) is 0. The smallest absolute Gasteiger partial charge is 0.338 e. The summed E-state index contributed by atoms with van der Waals surface area (Å²) in [5.41, 5.74) is 1.33. The van der Waals surface area contributed by atoms with Gasteiger partial charge in [-0.15, -0.1) is 0 Å². The Morgan fingerprint density at radius 2 is 1.94 bits per heavy atom. The Balaban J connectivity index is 2.60. The van der Waals surface area contributed by atoms with E-state index in [9.17, 15) is 9.59 Å². The predicted octanol–water partition coefficient (Wildman–Crippen LogP) is 2.49. The number of benzene rings is 1. The normalized spacial score (nSPS) is 9.22. The van der Waals surface area contributed by atoms with E-state index in [0.717, 1.165) is 5.56 Å². The minimum Gasteiger partial charge on any atom is -0.462 e. The van der Waals surface area contributed by atoms with Crippen LogP contribution in [0, 0.1) is 11.8 Å². The van der Waals surface area contributed by atoms with Crippen LogP contribution in [0.3, 0.4) is 0 Å². The maximum absolute atomic E-state index is 11.4. The zero-order chi connectivity index (χ0) is 13.4. The summed E-state index contributed by atoms with van der Waals surface area (Å²) in [6.07, 6.45) is 0. The van der Waals surface area contributed by atoms with Gasteiger partial charge in [-0.2, -0.15) is 0 Å². The van der Waals surface area contributed by atoms with Crippen LogP contribution in [0.2, 0.25) is 0 Å². The topological polar surface area (TPSA) is 43.4 Å². The van der Waals surface area contributed by atoms with Crippen molar-refractivity contribution < 1.29 is 14.3 Å². The minimum atomic E-state index is -0.329. The molecule has 0 aliphatic heterocycles. The van der Waals surface area contributed by atoms with E-state index in [2.05, 4.69) is 11.8 Å². The SMILES string of the molecule is CCOC(=O)c1ccc(C#CCSC(C)=O)cc1. The summed E-state index contributed by atoms with van der Waals surface area (Å²) >= 11 is 1.18. The van der Waals surface area contributed by atoms with Crippen molar-refractivity contribution in [3.8, 4) is 11.8 Å². The molecule has 4 heteroatoms. The molecule has 0 atom stereocenters. The van der Waals surface area contributed by atoms with Crippen molar-refractivity contribution >= 4 is 22.8 Å². The van der Waals surface area contributed by atoms with Crippen molar-refractivity contribution in [2.24, 2.45) is 0 Å². The maximum atomic E-state index is 11.4. The van der Waals surface area contributed by atoms with Gasteiger partial charge in [0.15, 0.2) is 5.12 Å². The molecule has 0 saturated heterocycles. The van der Waals surface area contributed by atoms with Crippen LogP contribution in [-0.2, 0) is 9.53 Å². The monoisotopic (exact) mass is 262 g/mol. The summed E-state index contributed by atoms with van der Waals surface area (Å²) in [6.45, 7) is 3.65. The fourth-order valence-electron chi connectivity index (χ4n) is 1.18. The van der Waals surface area contributed by atoms with Crippen molar-refractivity contribution in [3.05, 3.63) is 35.4 Å². The maximum Gasteiger partial charge on any atom is 0.338 e. The molecule has 3 nitrogen and oxygen atoms in total. The van der Waals surface area contributed by atoms with E-state index in [1.807, 2.05) is 0 Å². The van der Waals surface area contributed by atoms with Gasteiger partial charge in [0.25, 0.3) is 0 Å². The second-order valence-electron chi connectivity index (χ2n) is 3.38. The molecule has 0 spiro atoms. The van der Waals surface area contributed by atoms with Gasteiger partial charge in [0.05, 0.1) is 17.9 Å². The molecule has 0 aromatic heterocycles. The summed E-state index contributed by atoms with van der Waals surface area (Å²) < 4.78 is 4.88. The highest BCUT2D eigenvalue weighted by Gasteiger charge is 2.04. The van der Waals surface area contributed by atoms with Crippen molar-refractivity contribution in [3.63, 3.8) is 0 Å². The molecule has 0 saturated carbocycles. The molecule has 0 unspecified atom stereocenters. The summed E-state index contributed by atoms with van der Waals surface area (Å²) in [6, 6.07) is 6.88. The molecule has 1 rings (SSSR count). The van der Waals surface area contributed by atoms with E-state index in [4.69, 9.17) is 4.74 Å². The fraction of sp³-hybridized carbons (Fsp3) is 0.286. The molecule has 0 fully saturated rings. The van der Waals surface area contributed by atoms with Crippen LogP contribution in [0.4, 0.5) is 0 Å². The van der Waals surface area contributed by atoms with Crippen LogP contribution in [0.5, 0.6) is 0 Å². The summed E-state index contributed by atoms with van der Waals surface area (Å²) in [5.74, 6) is 5.96.